The van der Waals surface area contributed by atoms with E-state index in [9.17, 15) is 0 Å². The minimum atomic E-state index is 0.453. The van der Waals surface area contributed by atoms with Gasteiger partial charge in [0.15, 0.2) is 0 Å². The molecule has 0 bridgehead atoms. The Bertz CT molecular complexity index is 399. The third-order valence-electron chi connectivity index (χ3n) is 1.29. The van der Waals surface area contributed by atoms with E-state index in [0.717, 1.165) is 7.14 Å². The zero-order valence-electron chi connectivity index (χ0n) is 5.81. The van der Waals surface area contributed by atoms with Crippen molar-refractivity contribution in [3.63, 3.8) is 0 Å². The lowest BCUT2D eigenvalue weighted by Crippen LogP contribution is -1.89. The van der Waals surface area contributed by atoms with Crippen LogP contribution in [0.5, 0.6) is 0 Å². The van der Waals surface area contributed by atoms with Crippen LogP contribution in [0.25, 0.3) is 0 Å². The molecule has 0 amide bonds. The number of nitrogens with zero attached hydrogens (tertiary/aromatic N) is 2. The molecule has 0 aromatic heterocycles. The Kier molecular flexibility index (Phi) is 3.29. The second-order valence-corrected chi connectivity index (χ2v) is 4.44. The number of hydrogen-bond donors (Lipinski definition) is 0. The van der Waals surface area contributed by atoms with E-state index in [2.05, 4.69) is 45.2 Å². The Morgan fingerprint density at radius 1 is 1.08 bits per heavy atom. The van der Waals surface area contributed by atoms with Crippen LogP contribution in [0.3, 0.4) is 0 Å². The predicted octanol–water partition coefficient (Wildman–Crippen LogP) is 2.64. The first-order valence-corrected chi connectivity index (χ1v) is 5.14. The number of nitriles is 2. The van der Waals surface area contributed by atoms with E-state index in [1.165, 1.54) is 0 Å². The molecule has 1 aromatic carbocycles. The van der Waals surface area contributed by atoms with Gasteiger partial charge in [-0.1, -0.05) is 0 Å². The largest absolute Gasteiger partial charge is 0.192 e. The van der Waals surface area contributed by atoms with E-state index in [1.54, 1.807) is 6.07 Å². The maximum Gasteiger partial charge on any atom is 0.102 e. The van der Waals surface area contributed by atoms with Gasteiger partial charge in [-0.15, -0.1) is 0 Å². The molecule has 0 aliphatic carbocycles. The van der Waals surface area contributed by atoms with Crippen LogP contribution in [0, 0.1) is 29.8 Å². The standard InChI is InChI=1S/C8H2I2N2/c9-6-1-5(3-11)7(4-12)8(10)2-6/h1-2H. The molecule has 0 radical (unpaired) electrons. The molecule has 0 saturated carbocycles. The molecule has 12 heavy (non-hydrogen) atoms. The summed E-state index contributed by atoms with van der Waals surface area (Å²) in [6.07, 6.45) is 0. The molecule has 1 rings (SSSR count). The lowest BCUT2D eigenvalue weighted by molar-refractivity contribution is 1.40. The second kappa shape index (κ2) is 4.06. The van der Waals surface area contributed by atoms with Gasteiger partial charge >= 0.3 is 0 Å². The van der Waals surface area contributed by atoms with E-state index in [4.69, 9.17) is 10.5 Å². The molecular weight excluding hydrogens is 378 g/mol. The molecule has 58 valence electrons. The third-order valence-corrected chi connectivity index (χ3v) is 2.76. The number of rotatable bonds is 0. The van der Waals surface area contributed by atoms with E-state index < -0.39 is 0 Å². The van der Waals surface area contributed by atoms with Crippen LogP contribution < -0.4 is 0 Å². The van der Waals surface area contributed by atoms with Crippen LogP contribution in [-0.4, -0.2) is 0 Å². The number of hydrogen-bond acceptors (Lipinski definition) is 2. The quantitative estimate of drug-likeness (QED) is 0.650. The minimum absolute atomic E-state index is 0.453. The fourth-order valence-electron chi connectivity index (χ4n) is 0.775. The van der Waals surface area contributed by atoms with Crippen LogP contribution in [0.2, 0.25) is 0 Å². The highest BCUT2D eigenvalue weighted by Crippen LogP contribution is 2.19. The topological polar surface area (TPSA) is 47.6 Å². The van der Waals surface area contributed by atoms with Crippen molar-refractivity contribution in [1.29, 1.82) is 10.5 Å². The van der Waals surface area contributed by atoms with Crippen molar-refractivity contribution in [2.75, 3.05) is 0 Å². The van der Waals surface area contributed by atoms with E-state index in [0.29, 0.717) is 11.1 Å². The van der Waals surface area contributed by atoms with Crippen molar-refractivity contribution < 1.29 is 0 Å². The van der Waals surface area contributed by atoms with Gasteiger partial charge in [-0.05, 0) is 57.3 Å². The van der Waals surface area contributed by atoms with Crippen LogP contribution in [0.4, 0.5) is 0 Å². The highest BCUT2D eigenvalue weighted by Gasteiger charge is 2.06. The van der Waals surface area contributed by atoms with Gasteiger partial charge < -0.3 is 0 Å². The van der Waals surface area contributed by atoms with Crippen LogP contribution in [-0.2, 0) is 0 Å². The summed E-state index contributed by atoms with van der Waals surface area (Å²) in [7, 11) is 0. The lowest BCUT2D eigenvalue weighted by atomic mass is 10.1. The van der Waals surface area contributed by atoms with Gasteiger partial charge in [0.1, 0.15) is 12.1 Å². The molecule has 2 nitrogen and oxygen atoms in total. The number of halogens is 2. The van der Waals surface area contributed by atoms with Gasteiger partial charge in [-0.2, -0.15) is 10.5 Å². The first kappa shape index (κ1) is 9.75. The molecular formula is C8H2I2N2. The summed E-state index contributed by atoms with van der Waals surface area (Å²) in [6.45, 7) is 0. The molecule has 0 saturated heterocycles. The van der Waals surface area contributed by atoms with Gasteiger partial charge in [-0.3, -0.25) is 0 Å². The predicted molar refractivity (Wildman–Crippen MR) is 61.3 cm³/mol. The fraction of sp³-hybridized carbons (Fsp3) is 0. The van der Waals surface area contributed by atoms with Gasteiger partial charge in [0.2, 0.25) is 0 Å². The second-order valence-electron chi connectivity index (χ2n) is 2.03. The summed E-state index contributed by atoms with van der Waals surface area (Å²) >= 11 is 4.18. The Labute approximate surface area is 97.5 Å². The maximum atomic E-state index is 8.71. The monoisotopic (exact) mass is 380 g/mol. The molecule has 0 aliphatic heterocycles. The molecule has 1 aromatic rings. The lowest BCUT2D eigenvalue weighted by Gasteiger charge is -1.98. The normalized spacial score (nSPS) is 8.67. The zero-order chi connectivity index (χ0) is 9.14. The average Bonchev–Trinajstić information content (AvgIpc) is 2.03. The Morgan fingerprint density at radius 3 is 2.25 bits per heavy atom. The third kappa shape index (κ3) is 1.87. The molecule has 0 spiro atoms. The highest BCUT2D eigenvalue weighted by molar-refractivity contribution is 14.1. The van der Waals surface area contributed by atoms with Crippen molar-refractivity contribution in [2.24, 2.45) is 0 Å². The van der Waals surface area contributed by atoms with Gasteiger partial charge in [0, 0.05) is 7.14 Å². The molecule has 4 heteroatoms. The Balaban J connectivity index is 3.50. The summed E-state index contributed by atoms with van der Waals surface area (Å²) in [5.41, 5.74) is 0.923. The summed E-state index contributed by atoms with van der Waals surface area (Å²) in [4.78, 5) is 0. The Morgan fingerprint density at radius 2 is 1.75 bits per heavy atom. The van der Waals surface area contributed by atoms with Crippen molar-refractivity contribution in [1.82, 2.24) is 0 Å². The van der Waals surface area contributed by atoms with E-state index in [1.807, 2.05) is 18.2 Å². The minimum Gasteiger partial charge on any atom is -0.192 e. The molecule has 0 atom stereocenters. The molecule has 0 aliphatic rings. The summed E-state index contributed by atoms with van der Waals surface area (Å²) in [6, 6.07) is 7.59. The van der Waals surface area contributed by atoms with Crippen molar-refractivity contribution in [3.05, 3.63) is 30.4 Å². The van der Waals surface area contributed by atoms with E-state index in [-0.39, 0.29) is 0 Å². The first-order chi connectivity index (χ1) is 5.69. The summed E-state index contributed by atoms with van der Waals surface area (Å²) in [5.74, 6) is 0. The first-order valence-electron chi connectivity index (χ1n) is 2.98. The smallest absolute Gasteiger partial charge is 0.102 e. The highest BCUT2D eigenvalue weighted by atomic mass is 127. The fourth-order valence-corrected chi connectivity index (χ4v) is 2.74. The van der Waals surface area contributed by atoms with Crippen LogP contribution in [0.15, 0.2) is 12.1 Å². The SMILES string of the molecule is N#Cc1cc(I)cc(I)c1C#N. The summed E-state index contributed by atoms with van der Waals surface area (Å²) in [5, 5.41) is 17.4. The Hall–Kier alpha value is -0.340. The number of benzene rings is 1. The maximum absolute atomic E-state index is 8.71. The molecule has 0 unspecified atom stereocenters. The summed E-state index contributed by atoms with van der Waals surface area (Å²) < 4.78 is 1.81. The molecule has 0 heterocycles. The van der Waals surface area contributed by atoms with Gasteiger partial charge in [-0.25, -0.2) is 0 Å². The van der Waals surface area contributed by atoms with Crippen molar-refractivity contribution >= 4 is 45.2 Å². The van der Waals surface area contributed by atoms with Crippen LogP contribution >= 0.6 is 45.2 Å². The molecule has 0 fully saturated rings. The van der Waals surface area contributed by atoms with E-state index >= 15 is 0 Å². The van der Waals surface area contributed by atoms with Gasteiger partial charge in [0.05, 0.1) is 11.1 Å². The van der Waals surface area contributed by atoms with Crippen LogP contribution in [0.1, 0.15) is 11.1 Å². The molecule has 0 N–H and O–H groups in total. The average molecular weight is 380 g/mol. The zero-order valence-corrected chi connectivity index (χ0v) is 10.1. The van der Waals surface area contributed by atoms with Crippen molar-refractivity contribution in [3.8, 4) is 12.1 Å². The van der Waals surface area contributed by atoms with Gasteiger partial charge in [0.25, 0.3) is 0 Å². The van der Waals surface area contributed by atoms with Crippen molar-refractivity contribution in [2.45, 2.75) is 0 Å².